The van der Waals surface area contributed by atoms with Gasteiger partial charge >= 0.3 is 6.18 Å². The molecule has 0 saturated heterocycles. The number of halogens is 3. The van der Waals surface area contributed by atoms with Gasteiger partial charge in [0.15, 0.2) is 0 Å². The summed E-state index contributed by atoms with van der Waals surface area (Å²) >= 11 is 0. The minimum Gasteiger partial charge on any atom is -0.380 e. The third-order valence-corrected chi connectivity index (χ3v) is 5.66. The Kier molecular flexibility index (Phi) is 2.82. The average Bonchev–Trinajstić information content (AvgIpc) is 2.35. The van der Waals surface area contributed by atoms with E-state index < -0.39 is 11.7 Å². The summed E-state index contributed by atoms with van der Waals surface area (Å²) in [6, 6.07) is 5.54. The number of anilines is 1. The van der Waals surface area contributed by atoms with Crippen LogP contribution in [0, 0.1) is 17.8 Å². The SMILES string of the molecule is FC(F)(F)c1ccc(NC23CC4CC(CC(C4)C2)C3)cc1. The normalized spacial score (nSPS) is 37.8. The fraction of sp³-hybridized carbons (Fsp3) is 0.647. The number of nitrogens with one attached hydrogen (secondary N) is 1. The van der Waals surface area contributed by atoms with Crippen molar-refractivity contribution in [2.24, 2.45) is 17.8 Å². The van der Waals surface area contributed by atoms with Crippen LogP contribution in [0.15, 0.2) is 24.3 Å². The van der Waals surface area contributed by atoms with Crippen molar-refractivity contribution in [3.8, 4) is 0 Å². The van der Waals surface area contributed by atoms with Gasteiger partial charge in [-0.25, -0.2) is 0 Å². The second-order valence-corrected chi connectivity index (χ2v) is 7.40. The zero-order chi connectivity index (χ0) is 14.7. The standard InChI is InChI=1S/C17H20F3N/c18-17(19,20)14-1-3-15(4-2-14)21-16-8-11-5-12(9-16)7-13(6-11)10-16/h1-4,11-13,21H,5-10H2. The molecule has 5 rings (SSSR count). The molecule has 0 aliphatic heterocycles. The summed E-state index contributed by atoms with van der Waals surface area (Å²) in [6.07, 6.45) is 3.44. The first kappa shape index (κ1) is 13.5. The fourth-order valence-corrected chi connectivity index (χ4v) is 5.31. The molecule has 1 aromatic carbocycles. The van der Waals surface area contributed by atoms with E-state index in [0.717, 1.165) is 23.4 Å². The molecule has 4 fully saturated rings. The monoisotopic (exact) mass is 295 g/mol. The summed E-state index contributed by atoms with van der Waals surface area (Å²) in [5.74, 6) is 2.49. The van der Waals surface area contributed by atoms with E-state index in [9.17, 15) is 13.2 Å². The first-order valence-electron chi connectivity index (χ1n) is 7.87. The van der Waals surface area contributed by atoms with Gasteiger partial charge in [0.1, 0.15) is 0 Å². The van der Waals surface area contributed by atoms with E-state index in [4.69, 9.17) is 0 Å². The Hall–Kier alpha value is -1.19. The van der Waals surface area contributed by atoms with Gasteiger partial charge in [0.25, 0.3) is 0 Å². The van der Waals surface area contributed by atoms with Crippen molar-refractivity contribution in [3.05, 3.63) is 29.8 Å². The van der Waals surface area contributed by atoms with Crippen molar-refractivity contribution in [2.75, 3.05) is 5.32 Å². The van der Waals surface area contributed by atoms with Crippen LogP contribution in [0.2, 0.25) is 0 Å². The van der Waals surface area contributed by atoms with Crippen LogP contribution in [0.3, 0.4) is 0 Å². The molecule has 4 heteroatoms. The molecule has 21 heavy (non-hydrogen) atoms. The minimum absolute atomic E-state index is 0.147. The molecular weight excluding hydrogens is 275 g/mol. The lowest BCUT2D eigenvalue weighted by atomic mass is 9.53. The topological polar surface area (TPSA) is 12.0 Å². The lowest BCUT2D eigenvalue weighted by molar-refractivity contribution is -0.137. The Labute approximate surface area is 122 Å². The maximum atomic E-state index is 12.6. The maximum absolute atomic E-state index is 12.6. The van der Waals surface area contributed by atoms with Gasteiger partial charge in [-0.15, -0.1) is 0 Å². The van der Waals surface area contributed by atoms with E-state index in [1.807, 2.05) is 0 Å². The highest BCUT2D eigenvalue weighted by molar-refractivity contribution is 5.48. The fourth-order valence-electron chi connectivity index (χ4n) is 5.31. The lowest BCUT2D eigenvalue weighted by Gasteiger charge is -2.57. The number of hydrogen-bond acceptors (Lipinski definition) is 1. The quantitative estimate of drug-likeness (QED) is 0.801. The molecule has 0 heterocycles. The third kappa shape index (κ3) is 2.43. The number of rotatable bonds is 2. The van der Waals surface area contributed by atoms with Crippen molar-refractivity contribution in [1.82, 2.24) is 0 Å². The molecule has 114 valence electrons. The third-order valence-electron chi connectivity index (χ3n) is 5.66. The van der Waals surface area contributed by atoms with Crippen molar-refractivity contribution >= 4 is 5.69 Å². The second kappa shape index (κ2) is 4.40. The molecule has 0 radical (unpaired) electrons. The largest absolute Gasteiger partial charge is 0.416 e. The van der Waals surface area contributed by atoms with Gasteiger partial charge < -0.3 is 5.32 Å². The van der Waals surface area contributed by atoms with Crippen molar-refractivity contribution in [2.45, 2.75) is 50.2 Å². The molecule has 0 spiro atoms. The maximum Gasteiger partial charge on any atom is 0.416 e. The molecule has 0 atom stereocenters. The Balaban J connectivity index is 1.53. The number of hydrogen-bond donors (Lipinski definition) is 1. The molecule has 0 aromatic heterocycles. The molecule has 0 amide bonds. The van der Waals surface area contributed by atoms with E-state index in [1.54, 1.807) is 12.1 Å². The van der Waals surface area contributed by atoms with Crippen LogP contribution in [-0.4, -0.2) is 5.54 Å². The summed E-state index contributed by atoms with van der Waals surface area (Å²) in [4.78, 5) is 0. The zero-order valence-electron chi connectivity index (χ0n) is 11.9. The Morgan fingerprint density at radius 1 is 0.857 bits per heavy atom. The highest BCUT2D eigenvalue weighted by atomic mass is 19.4. The molecule has 4 aliphatic carbocycles. The minimum atomic E-state index is -4.25. The molecule has 4 bridgehead atoms. The molecule has 4 aliphatic rings. The zero-order valence-corrected chi connectivity index (χ0v) is 11.9. The summed E-state index contributed by atoms with van der Waals surface area (Å²) in [5, 5.41) is 3.60. The van der Waals surface area contributed by atoms with Crippen LogP contribution in [0.4, 0.5) is 18.9 Å². The van der Waals surface area contributed by atoms with Gasteiger partial charge in [-0.3, -0.25) is 0 Å². The lowest BCUT2D eigenvalue weighted by Crippen LogP contribution is -2.54. The summed E-state index contributed by atoms with van der Waals surface area (Å²) in [6.45, 7) is 0. The van der Waals surface area contributed by atoms with E-state index in [1.165, 1.54) is 50.7 Å². The number of alkyl halides is 3. The molecular formula is C17H20F3N. The van der Waals surface area contributed by atoms with Crippen molar-refractivity contribution in [1.29, 1.82) is 0 Å². The van der Waals surface area contributed by atoms with Crippen LogP contribution in [0.5, 0.6) is 0 Å². The van der Waals surface area contributed by atoms with Crippen LogP contribution in [-0.2, 0) is 6.18 Å². The van der Waals surface area contributed by atoms with Gasteiger partial charge in [-0.1, -0.05) is 0 Å². The van der Waals surface area contributed by atoms with Crippen LogP contribution in [0.1, 0.15) is 44.1 Å². The van der Waals surface area contributed by atoms with E-state index in [-0.39, 0.29) is 5.54 Å². The summed E-state index contributed by atoms with van der Waals surface area (Å²) in [5.41, 5.74) is 0.414. The van der Waals surface area contributed by atoms with Gasteiger partial charge in [0, 0.05) is 11.2 Å². The number of benzene rings is 1. The van der Waals surface area contributed by atoms with Crippen molar-refractivity contribution < 1.29 is 13.2 Å². The molecule has 1 nitrogen and oxygen atoms in total. The van der Waals surface area contributed by atoms with E-state index in [2.05, 4.69) is 5.32 Å². The van der Waals surface area contributed by atoms with Crippen LogP contribution < -0.4 is 5.32 Å². The molecule has 0 unspecified atom stereocenters. The van der Waals surface area contributed by atoms with Crippen LogP contribution in [0.25, 0.3) is 0 Å². The molecule has 1 aromatic rings. The first-order chi connectivity index (χ1) is 9.92. The van der Waals surface area contributed by atoms with Gasteiger partial charge in [-0.2, -0.15) is 13.2 Å². The Bertz CT molecular complexity index is 497. The Morgan fingerprint density at radius 2 is 1.33 bits per heavy atom. The Morgan fingerprint density at radius 3 is 1.76 bits per heavy atom. The average molecular weight is 295 g/mol. The van der Waals surface area contributed by atoms with Crippen molar-refractivity contribution in [3.63, 3.8) is 0 Å². The predicted molar refractivity (Wildman–Crippen MR) is 76.0 cm³/mol. The first-order valence-corrected chi connectivity index (χ1v) is 7.87. The second-order valence-electron chi connectivity index (χ2n) is 7.40. The van der Waals surface area contributed by atoms with Gasteiger partial charge in [-0.05, 0) is 80.5 Å². The smallest absolute Gasteiger partial charge is 0.380 e. The van der Waals surface area contributed by atoms with E-state index >= 15 is 0 Å². The van der Waals surface area contributed by atoms with Crippen LogP contribution >= 0.6 is 0 Å². The van der Waals surface area contributed by atoms with E-state index in [0.29, 0.717) is 0 Å². The van der Waals surface area contributed by atoms with Gasteiger partial charge in [0.2, 0.25) is 0 Å². The molecule has 1 N–H and O–H groups in total. The highest BCUT2D eigenvalue weighted by Gasteiger charge is 2.50. The molecule has 4 saturated carbocycles. The predicted octanol–water partition coefficient (Wildman–Crippen LogP) is 5.09. The van der Waals surface area contributed by atoms with Gasteiger partial charge in [0.05, 0.1) is 5.56 Å². The summed E-state index contributed by atoms with van der Waals surface area (Å²) < 4.78 is 37.9. The summed E-state index contributed by atoms with van der Waals surface area (Å²) in [7, 11) is 0. The highest BCUT2D eigenvalue weighted by Crippen LogP contribution is 2.56.